The van der Waals surface area contributed by atoms with Crippen LogP contribution < -0.4 is 10.2 Å². The molecule has 1 amide bonds. The Balaban J connectivity index is 1.48. The lowest BCUT2D eigenvalue weighted by Crippen LogP contribution is -2.39. The first kappa shape index (κ1) is 15.5. The van der Waals surface area contributed by atoms with Crippen molar-refractivity contribution in [3.8, 4) is 0 Å². The van der Waals surface area contributed by atoms with Crippen LogP contribution in [0.4, 0.5) is 5.82 Å². The van der Waals surface area contributed by atoms with Crippen molar-refractivity contribution in [2.45, 2.75) is 19.8 Å². The van der Waals surface area contributed by atoms with Gasteiger partial charge in [-0.1, -0.05) is 0 Å². The fourth-order valence-corrected chi connectivity index (χ4v) is 2.87. The van der Waals surface area contributed by atoms with Gasteiger partial charge in [-0.25, -0.2) is 4.98 Å². The second kappa shape index (κ2) is 6.76. The molecule has 1 aliphatic rings. The number of nitrogens with one attached hydrogen (secondary N) is 1. The van der Waals surface area contributed by atoms with Crippen LogP contribution in [0.5, 0.6) is 0 Å². The van der Waals surface area contributed by atoms with Gasteiger partial charge < -0.3 is 10.2 Å². The van der Waals surface area contributed by atoms with E-state index in [1.54, 1.807) is 29.5 Å². The maximum atomic E-state index is 12.2. The lowest BCUT2D eigenvalue weighted by molar-refractivity contribution is 0.0944. The van der Waals surface area contributed by atoms with Crippen molar-refractivity contribution in [3.05, 3.63) is 36.0 Å². The number of hydrogen-bond donors (Lipinski definition) is 1. The highest BCUT2D eigenvalue weighted by Gasteiger charge is 2.21. The molecule has 0 radical (unpaired) electrons. The lowest BCUT2D eigenvalue weighted by Gasteiger charge is -2.32. The van der Waals surface area contributed by atoms with Crippen LogP contribution in [-0.2, 0) is 7.05 Å². The molecule has 0 atom stereocenters. The molecule has 0 aromatic carbocycles. The van der Waals surface area contributed by atoms with Gasteiger partial charge in [0.15, 0.2) is 0 Å². The highest BCUT2D eigenvalue weighted by Crippen LogP contribution is 2.20. The Kier molecular flexibility index (Phi) is 4.55. The van der Waals surface area contributed by atoms with Gasteiger partial charge in [-0.15, -0.1) is 0 Å². The maximum absolute atomic E-state index is 12.2. The first-order valence-corrected chi connectivity index (χ1v) is 7.93. The third-order valence-electron chi connectivity index (χ3n) is 4.52. The zero-order chi connectivity index (χ0) is 16.2. The van der Waals surface area contributed by atoms with Gasteiger partial charge in [0.2, 0.25) is 0 Å². The molecule has 1 fully saturated rings. The molecule has 23 heavy (non-hydrogen) atoms. The summed E-state index contributed by atoms with van der Waals surface area (Å²) in [5.74, 6) is 1.40. The van der Waals surface area contributed by atoms with Crippen molar-refractivity contribution < 1.29 is 4.79 Å². The average Bonchev–Trinajstić information content (AvgIpc) is 2.93. The minimum atomic E-state index is -0.0352. The molecule has 0 saturated carbocycles. The third kappa shape index (κ3) is 3.49. The number of piperidine rings is 1. The van der Waals surface area contributed by atoms with E-state index in [2.05, 4.69) is 25.3 Å². The fraction of sp³-hybridized carbons (Fsp3) is 0.500. The summed E-state index contributed by atoms with van der Waals surface area (Å²) in [4.78, 5) is 22.9. The normalized spacial score (nSPS) is 15.7. The molecule has 0 unspecified atom stereocenters. The van der Waals surface area contributed by atoms with Crippen molar-refractivity contribution in [2.24, 2.45) is 13.0 Å². The second-order valence-corrected chi connectivity index (χ2v) is 5.97. The van der Waals surface area contributed by atoms with Crippen LogP contribution in [0.1, 0.15) is 28.9 Å². The van der Waals surface area contributed by atoms with Crippen LogP contribution in [0.15, 0.2) is 24.8 Å². The standard InChI is InChI=1S/C16H22N6O/c1-12-14(10-20-21(12)2)16(23)19-9-13-3-7-22(8-4-13)15-11-17-5-6-18-15/h5-6,10-11,13H,3-4,7-9H2,1-2H3,(H,19,23). The quantitative estimate of drug-likeness (QED) is 0.916. The topological polar surface area (TPSA) is 75.9 Å². The molecule has 7 heteroatoms. The molecule has 122 valence electrons. The molecule has 3 heterocycles. The number of amides is 1. The Morgan fingerprint density at radius 3 is 2.70 bits per heavy atom. The smallest absolute Gasteiger partial charge is 0.254 e. The largest absolute Gasteiger partial charge is 0.355 e. The molecule has 3 rings (SSSR count). The van der Waals surface area contributed by atoms with E-state index in [1.807, 2.05) is 14.0 Å². The predicted octanol–water partition coefficient (Wildman–Crippen LogP) is 1.16. The van der Waals surface area contributed by atoms with Crippen molar-refractivity contribution in [1.29, 1.82) is 0 Å². The SMILES string of the molecule is Cc1c(C(=O)NCC2CCN(c3cnccn3)CC2)cnn1C. The van der Waals surface area contributed by atoms with Gasteiger partial charge in [0, 0.05) is 44.8 Å². The monoisotopic (exact) mass is 314 g/mol. The number of carbonyl (C=O) groups is 1. The Morgan fingerprint density at radius 2 is 2.09 bits per heavy atom. The van der Waals surface area contributed by atoms with Crippen molar-refractivity contribution in [2.75, 3.05) is 24.5 Å². The van der Waals surface area contributed by atoms with Crippen LogP contribution in [0.25, 0.3) is 0 Å². The molecular weight excluding hydrogens is 292 g/mol. The Labute approximate surface area is 135 Å². The van der Waals surface area contributed by atoms with E-state index in [0.29, 0.717) is 18.0 Å². The van der Waals surface area contributed by atoms with E-state index in [9.17, 15) is 4.79 Å². The van der Waals surface area contributed by atoms with E-state index in [0.717, 1.165) is 37.4 Å². The zero-order valence-electron chi connectivity index (χ0n) is 13.6. The summed E-state index contributed by atoms with van der Waals surface area (Å²) in [6.45, 7) is 4.51. The van der Waals surface area contributed by atoms with E-state index >= 15 is 0 Å². The van der Waals surface area contributed by atoms with Crippen LogP contribution in [0.3, 0.4) is 0 Å². The third-order valence-corrected chi connectivity index (χ3v) is 4.52. The van der Waals surface area contributed by atoms with Gasteiger partial charge in [0.1, 0.15) is 5.82 Å². The van der Waals surface area contributed by atoms with Crippen molar-refractivity contribution in [3.63, 3.8) is 0 Å². The molecular formula is C16H22N6O. The zero-order valence-corrected chi connectivity index (χ0v) is 13.6. The molecule has 2 aromatic rings. The molecule has 7 nitrogen and oxygen atoms in total. The summed E-state index contributed by atoms with van der Waals surface area (Å²) in [5, 5.41) is 7.15. The van der Waals surface area contributed by atoms with Crippen LogP contribution in [-0.4, -0.2) is 45.3 Å². The number of anilines is 1. The summed E-state index contributed by atoms with van der Waals surface area (Å²) in [7, 11) is 1.84. The molecule has 0 aliphatic carbocycles. The lowest BCUT2D eigenvalue weighted by atomic mass is 9.96. The number of hydrogen-bond acceptors (Lipinski definition) is 5. The Bertz CT molecular complexity index is 660. The summed E-state index contributed by atoms with van der Waals surface area (Å²) >= 11 is 0. The van der Waals surface area contributed by atoms with E-state index in [4.69, 9.17) is 0 Å². The number of carbonyl (C=O) groups excluding carboxylic acids is 1. The average molecular weight is 314 g/mol. The Hall–Kier alpha value is -2.44. The predicted molar refractivity (Wildman–Crippen MR) is 87.2 cm³/mol. The van der Waals surface area contributed by atoms with Crippen LogP contribution in [0.2, 0.25) is 0 Å². The minimum absolute atomic E-state index is 0.0352. The van der Waals surface area contributed by atoms with Gasteiger partial charge in [-0.2, -0.15) is 5.10 Å². The highest BCUT2D eigenvalue weighted by molar-refractivity contribution is 5.95. The maximum Gasteiger partial charge on any atom is 0.254 e. The van der Waals surface area contributed by atoms with E-state index in [-0.39, 0.29) is 5.91 Å². The number of nitrogens with zero attached hydrogens (tertiary/aromatic N) is 5. The van der Waals surface area contributed by atoms with Crippen LogP contribution in [0, 0.1) is 12.8 Å². The van der Waals surface area contributed by atoms with Gasteiger partial charge in [0.05, 0.1) is 18.0 Å². The van der Waals surface area contributed by atoms with Gasteiger partial charge >= 0.3 is 0 Å². The summed E-state index contributed by atoms with van der Waals surface area (Å²) in [5.41, 5.74) is 1.55. The minimum Gasteiger partial charge on any atom is -0.355 e. The van der Waals surface area contributed by atoms with Crippen molar-refractivity contribution >= 4 is 11.7 Å². The van der Waals surface area contributed by atoms with Gasteiger partial charge in [-0.3, -0.25) is 14.5 Å². The number of rotatable bonds is 4. The second-order valence-electron chi connectivity index (χ2n) is 5.97. The number of aryl methyl sites for hydroxylation is 1. The van der Waals surface area contributed by atoms with Gasteiger partial charge in [-0.05, 0) is 25.7 Å². The summed E-state index contributed by atoms with van der Waals surface area (Å²) in [6, 6.07) is 0. The van der Waals surface area contributed by atoms with E-state index in [1.165, 1.54) is 0 Å². The fourth-order valence-electron chi connectivity index (χ4n) is 2.87. The molecule has 0 spiro atoms. The first-order valence-electron chi connectivity index (χ1n) is 7.93. The number of aromatic nitrogens is 4. The molecule has 2 aromatic heterocycles. The van der Waals surface area contributed by atoms with Crippen molar-refractivity contribution in [1.82, 2.24) is 25.1 Å². The van der Waals surface area contributed by atoms with E-state index < -0.39 is 0 Å². The Morgan fingerprint density at radius 1 is 1.30 bits per heavy atom. The summed E-state index contributed by atoms with van der Waals surface area (Å²) in [6.07, 6.45) is 8.92. The molecule has 0 bridgehead atoms. The van der Waals surface area contributed by atoms with Crippen LogP contribution >= 0.6 is 0 Å². The molecule has 1 aliphatic heterocycles. The highest BCUT2D eigenvalue weighted by atomic mass is 16.1. The first-order chi connectivity index (χ1) is 11.1. The molecule has 1 saturated heterocycles. The summed E-state index contributed by atoms with van der Waals surface area (Å²) < 4.78 is 1.72. The van der Waals surface area contributed by atoms with Gasteiger partial charge in [0.25, 0.3) is 5.91 Å². The molecule has 1 N–H and O–H groups in total.